The van der Waals surface area contributed by atoms with Crippen LogP contribution in [0.15, 0.2) is 36.5 Å². The Bertz CT molecular complexity index is 1010. The van der Waals surface area contributed by atoms with Crippen molar-refractivity contribution in [2.24, 2.45) is 7.05 Å². The highest BCUT2D eigenvalue weighted by molar-refractivity contribution is 6.28. The van der Waals surface area contributed by atoms with Crippen molar-refractivity contribution in [3.05, 3.63) is 47.8 Å². The molecule has 22 heavy (non-hydrogen) atoms. The molecule has 0 aliphatic carbocycles. The van der Waals surface area contributed by atoms with Crippen molar-refractivity contribution >= 4 is 39.5 Å². The molecule has 0 spiro atoms. The van der Waals surface area contributed by atoms with Crippen molar-refractivity contribution in [2.45, 2.75) is 0 Å². The molecule has 4 rings (SSSR count). The van der Waals surface area contributed by atoms with Crippen LogP contribution in [0.5, 0.6) is 0 Å². The van der Waals surface area contributed by atoms with E-state index >= 15 is 0 Å². The van der Waals surface area contributed by atoms with Crippen LogP contribution in [0.2, 0.25) is 5.28 Å². The molecular formula is C14H10ClFN6. The summed E-state index contributed by atoms with van der Waals surface area (Å²) in [6, 6.07) is 8.69. The van der Waals surface area contributed by atoms with Crippen LogP contribution < -0.4 is 5.32 Å². The number of aryl methyl sites for hydroxylation is 1. The molecule has 3 aromatic heterocycles. The van der Waals surface area contributed by atoms with E-state index in [0.717, 1.165) is 21.1 Å². The summed E-state index contributed by atoms with van der Waals surface area (Å²) in [4.78, 5) is 4.13. The fourth-order valence-corrected chi connectivity index (χ4v) is 2.57. The van der Waals surface area contributed by atoms with E-state index in [-0.39, 0.29) is 5.28 Å². The highest BCUT2D eigenvalue weighted by Gasteiger charge is 2.11. The van der Waals surface area contributed by atoms with E-state index in [0.29, 0.717) is 11.3 Å². The number of aromatic nitrogens is 5. The Balaban J connectivity index is 1.81. The van der Waals surface area contributed by atoms with Crippen LogP contribution >= 0.6 is 11.6 Å². The van der Waals surface area contributed by atoms with E-state index in [1.54, 1.807) is 16.9 Å². The zero-order valence-electron chi connectivity index (χ0n) is 11.5. The second-order valence-corrected chi connectivity index (χ2v) is 5.19. The van der Waals surface area contributed by atoms with Gasteiger partial charge in [-0.1, -0.05) is 0 Å². The van der Waals surface area contributed by atoms with Gasteiger partial charge in [-0.3, -0.25) is 4.68 Å². The molecule has 6 nitrogen and oxygen atoms in total. The standard InChI is InChI=1S/C14H10ClFN6/c1-21-10-3-2-9(6-8(10)7-17-21)18-13-11-4-5-12(16)22(11)20-14(15)19-13/h2-7H,1H3,(H,18,19,20). The second-order valence-electron chi connectivity index (χ2n) is 4.85. The zero-order valence-corrected chi connectivity index (χ0v) is 12.2. The lowest BCUT2D eigenvalue weighted by molar-refractivity contribution is 0.548. The minimum Gasteiger partial charge on any atom is -0.338 e. The first kappa shape index (κ1) is 13.0. The maximum Gasteiger partial charge on any atom is 0.243 e. The summed E-state index contributed by atoms with van der Waals surface area (Å²) >= 11 is 5.85. The van der Waals surface area contributed by atoms with E-state index in [9.17, 15) is 4.39 Å². The second kappa shape index (κ2) is 4.67. The van der Waals surface area contributed by atoms with Gasteiger partial charge in [0.15, 0.2) is 5.82 Å². The van der Waals surface area contributed by atoms with Gasteiger partial charge in [0.2, 0.25) is 11.2 Å². The summed E-state index contributed by atoms with van der Waals surface area (Å²) in [5.74, 6) is -0.0581. The summed E-state index contributed by atoms with van der Waals surface area (Å²) in [5, 5.41) is 12.1. The van der Waals surface area contributed by atoms with Crippen LogP contribution in [0.4, 0.5) is 15.9 Å². The molecule has 0 saturated heterocycles. The van der Waals surface area contributed by atoms with Crippen LogP contribution in [0.25, 0.3) is 16.4 Å². The highest BCUT2D eigenvalue weighted by Crippen LogP contribution is 2.25. The Kier molecular flexibility index (Phi) is 2.77. The van der Waals surface area contributed by atoms with Crippen LogP contribution in [0.3, 0.4) is 0 Å². The Hall–Kier alpha value is -2.67. The van der Waals surface area contributed by atoms with Crippen LogP contribution in [-0.2, 0) is 7.05 Å². The van der Waals surface area contributed by atoms with Gasteiger partial charge < -0.3 is 5.32 Å². The Morgan fingerprint density at radius 2 is 2.00 bits per heavy atom. The third-order valence-corrected chi connectivity index (χ3v) is 3.61. The van der Waals surface area contributed by atoms with E-state index in [1.165, 1.54) is 6.07 Å². The van der Waals surface area contributed by atoms with Crippen LogP contribution in [0, 0.1) is 5.95 Å². The molecule has 4 aromatic rings. The number of benzene rings is 1. The van der Waals surface area contributed by atoms with Gasteiger partial charge in [-0.15, -0.1) is 5.10 Å². The molecule has 0 saturated carbocycles. The third-order valence-electron chi connectivity index (χ3n) is 3.45. The largest absolute Gasteiger partial charge is 0.338 e. The van der Waals surface area contributed by atoms with E-state index in [4.69, 9.17) is 11.6 Å². The van der Waals surface area contributed by atoms with E-state index in [2.05, 4.69) is 20.5 Å². The molecule has 110 valence electrons. The Morgan fingerprint density at radius 3 is 2.86 bits per heavy atom. The van der Waals surface area contributed by atoms with Crippen molar-refractivity contribution < 1.29 is 4.39 Å². The predicted molar refractivity (Wildman–Crippen MR) is 82.0 cm³/mol. The number of rotatable bonds is 2. The fraction of sp³-hybridized carbons (Fsp3) is 0.0714. The fourth-order valence-electron chi connectivity index (χ4n) is 2.41. The van der Waals surface area contributed by atoms with Crippen LogP contribution in [0.1, 0.15) is 0 Å². The molecule has 0 aliphatic rings. The molecule has 1 aromatic carbocycles. The van der Waals surface area contributed by atoms with Gasteiger partial charge in [-0.2, -0.15) is 19.0 Å². The van der Waals surface area contributed by atoms with E-state index in [1.807, 2.05) is 25.2 Å². The molecule has 0 unspecified atom stereocenters. The van der Waals surface area contributed by atoms with E-state index < -0.39 is 5.95 Å². The number of fused-ring (bicyclic) bond motifs is 2. The molecule has 0 radical (unpaired) electrons. The van der Waals surface area contributed by atoms with Gasteiger partial charge in [0.25, 0.3) is 0 Å². The van der Waals surface area contributed by atoms with Crippen molar-refractivity contribution in [1.82, 2.24) is 24.4 Å². The Labute approximate surface area is 129 Å². The third kappa shape index (κ3) is 1.98. The van der Waals surface area contributed by atoms with Crippen LogP contribution in [-0.4, -0.2) is 24.4 Å². The predicted octanol–water partition coefficient (Wildman–Crippen LogP) is 3.15. The minimum atomic E-state index is -0.495. The summed E-state index contributed by atoms with van der Waals surface area (Å²) in [5.41, 5.74) is 2.33. The highest BCUT2D eigenvalue weighted by atomic mass is 35.5. The molecule has 0 aliphatic heterocycles. The minimum absolute atomic E-state index is 0.0347. The SMILES string of the molecule is Cn1ncc2cc(Nc3nc(Cl)nn4c(F)ccc34)ccc21. The molecule has 3 heterocycles. The molecule has 0 atom stereocenters. The van der Waals surface area contributed by atoms with Gasteiger partial charge in [0, 0.05) is 18.1 Å². The summed E-state index contributed by atoms with van der Waals surface area (Å²) in [7, 11) is 1.88. The van der Waals surface area contributed by atoms with Crippen molar-refractivity contribution in [1.29, 1.82) is 0 Å². The number of hydrogen-bond donors (Lipinski definition) is 1. The zero-order chi connectivity index (χ0) is 15.3. The quantitative estimate of drug-likeness (QED) is 0.617. The first-order chi connectivity index (χ1) is 10.6. The summed E-state index contributed by atoms with van der Waals surface area (Å²) in [6.07, 6.45) is 1.78. The first-order valence-electron chi connectivity index (χ1n) is 6.51. The van der Waals surface area contributed by atoms with Gasteiger partial charge in [0.1, 0.15) is 5.52 Å². The molecule has 8 heteroatoms. The number of halogens is 2. The lowest BCUT2D eigenvalue weighted by Gasteiger charge is -2.08. The summed E-state index contributed by atoms with van der Waals surface area (Å²) < 4.78 is 16.5. The molecule has 0 bridgehead atoms. The van der Waals surface area contributed by atoms with Gasteiger partial charge >= 0.3 is 0 Å². The van der Waals surface area contributed by atoms with Crippen molar-refractivity contribution in [3.63, 3.8) is 0 Å². The topological polar surface area (TPSA) is 60.0 Å². The monoisotopic (exact) mass is 316 g/mol. The van der Waals surface area contributed by atoms with Crippen molar-refractivity contribution in [3.8, 4) is 0 Å². The first-order valence-corrected chi connectivity index (χ1v) is 6.89. The van der Waals surface area contributed by atoms with Gasteiger partial charge in [-0.25, -0.2) is 0 Å². The van der Waals surface area contributed by atoms with Crippen molar-refractivity contribution in [2.75, 3.05) is 5.32 Å². The average molecular weight is 317 g/mol. The molecule has 0 fully saturated rings. The molecule has 0 amide bonds. The lowest BCUT2D eigenvalue weighted by atomic mass is 10.2. The normalized spacial score (nSPS) is 11.4. The number of anilines is 2. The maximum absolute atomic E-state index is 13.6. The lowest BCUT2D eigenvalue weighted by Crippen LogP contribution is -2.02. The number of nitrogens with one attached hydrogen (secondary N) is 1. The summed E-state index contributed by atoms with van der Waals surface area (Å²) in [6.45, 7) is 0. The molecule has 1 N–H and O–H groups in total. The average Bonchev–Trinajstić information content (AvgIpc) is 3.04. The maximum atomic E-state index is 13.6. The molecular weight excluding hydrogens is 307 g/mol. The van der Waals surface area contributed by atoms with Gasteiger partial charge in [-0.05, 0) is 41.9 Å². The Morgan fingerprint density at radius 1 is 1.18 bits per heavy atom. The number of hydrogen-bond acceptors (Lipinski definition) is 4. The van der Waals surface area contributed by atoms with Gasteiger partial charge in [0.05, 0.1) is 11.7 Å². The smallest absolute Gasteiger partial charge is 0.243 e. The number of nitrogens with zero attached hydrogens (tertiary/aromatic N) is 5.